The molecule has 0 saturated carbocycles. The zero-order valence-electron chi connectivity index (χ0n) is 17.9. The Kier molecular flexibility index (Phi) is 5.85. The highest BCUT2D eigenvalue weighted by atomic mass is 16.7. The predicted octanol–water partition coefficient (Wildman–Crippen LogP) is 2.26. The molecule has 0 bridgehead atoms. The fourth-order valence-corrected chi connectivity index (χ4v) is 3.94. The lowest BCUT2D eigenvalue weighted by Gasteiger charge is -2.35. The molecule has 32 heavy (non-hydrogen) atoms. The number of carbonyl (C=O) groups excluding carboxylic acids is 2. The van der Waals surface area contributed by atoms with E-state index in [0.29, 0.717) is 49.9 Å². The number of piperazine rings is 1. The topological polar surface area (TPSA) is 105 Å². The van der Waals surface area contributed by atoms with Crippen molar-refractivity contribution >= 4 is 23.2 Å². The molecule has 0 spiro atoms. The second kappa shape index (κ2) is 8.74. The van der Waals surface area contributed by atoms with Gasteiger partial charge in [-0.1, -0.05) is 6.07 Å². The molecule has 0 aromatic heterocycles. The standard InChI is InChI=1S/C22H24N4O6/c1-15(27)24-7-9-25(10-8-24)18-5-4-17(12-19(18)26(29)30)22(28)23(2)13-16-3-6-20-21(11-16)32-14-31-20/h3-6,11-12H,7-10,13-14H2,1-2H3. The van der Waals surface area contributed by atoms with Crippen molar-refractivity contribution in [2.75, 3.05) is 44.9 Å². The van der Waals surface area contributed by atoms with Crippen LogP contribution in [0.5, 0.6) is 11.5 Å². The summed E-state index contributed by atoms with van der Waals surface area (Å²) in [7, 11) is 1.65. The van der Waals surface area contributed by atoms with Gasteiger partial charge in [0.05, 0.1) is 4.92 Å². The van der Waals surface area contributed by atoms with Crippen LogP contribution in [0.1, 0.15) is 22.8 Å². The minimum atomic E-state index is -0.471. The summed E-state index contributed by atoms with van der Waals surface area (Å²) in [4.78, 5) is 40.9. The normalized spacial score (nSPS) is 14.9. The molecule has 0 aliphatic carbocycles. The molecule has 0 atom stereocenters. The van der Waals surface area contributed by atoms with Crippen molar-refractivity contribution in [3.63, 3.8) is 0 Å². The maximum atomic E-state index is 13.0. The SMILES string of the molecule is CC(=O)N1CCN(c2ccc(C(=O)N(C)Cc3ccc4c(c3)OCO4)cc2[N+](=O)[O-])CC1. The van der Waals surface area contributed by atoms with Crippen LogP contribution in [0.2, 0.25) is 0 Å². The highest BCUT2D eigenvalue weighted by Crippen LogP contribution is 2.33. The van der Waals surface area contributed by atoms with Gasteiger partial charge in [0.1, 0.15) is 5.69 Å². The summed E-state index contributed by atoms with van der Waals surface area (Å²) in [5, 5.41) is 11.7. The molecule has 168 valence electrons. The van der Waals surface area contributed by atoms with Crippen LogP contribution in [0.25, 0.3) is 0 Å². The molecule has 10 heteroatoms. The molecule has 1 saturated heterocycles. The van der Waals surface area contributed by atoms with Gasteiger partial charge in [-0.25, -0.2) is 0 Å². The van der Waals surface area contributed by atoms with E-state index in [1.807, 2.05) is 17.0 Å². The van der Waals surface area contributed by atoms with Crippen molar-refractivity contribution < 1.29 is 24.0 Å². The van der Waals surface area contributed by atoms with E-state index in [1.165, 1.54) is 17.9 Å². The van der Waals surface area contributed by atoms with Crippen LogP contribution in [0.15, 0.2) is 36.4 Å². The first kappa shape index (κ1) is 21.4. The lowest BCUT2D eigenvalue weighted by molar-refractivity contribution is -0.384. The Morgan fingerprint density at radius 2 is 1.78 bits per heavy atom. The van der Waals surface area contributed by atoms with Crippen LogP contribution < -0.4 is 14.4 Å². The van der Waals surface area contributed by atoms with Crippen molar-refractivity contribution in [3.05, 3.63) is 57.6 Å². The number of carbonyl (C=O) groups is 2. The Morgan fingerprint density at radius 3 is 2.47 bits per heavy atom. The van der Waals surface area contributed by atoms with E-state index in [0.717, 1.165) is 5.56 Å². The van der Waals surface area contributed by atoms with Crippen LogP contribution in [0.4, 0.5) is 11.4 Å². The highest BCUT2D eigenvalue weighted by molar-refractivity contribution is 5.95. The number of nitro benzene ring substituents is 1. The first-order valence-corrected chi connectivity index (χ1v) is 10.3. The molecule has 0 radical (unpaired) electrons. The monoisotopic (exact) mass is 440 g/mol. The van der Waals surface area contributed by atoms with Crippen molar-refractivity contribution in [2.45, 2.75) is 13.5 Å². The third-order valence-electron chi connectivity index (χ3n) is 5.69. The number of nitro groups is 1. The van der Waals surface area contributed by atoms with Gasteiger partial charge in [-0.05, 0) is 29.8 Å². The van der Waals surface area contributed by atoms with Gasteiger partial charge in [-0.15, -0.1) is 0 Å². The molecule has 2 aliphatic heterocycles. The largest absolute Gasteiger partial charge is 0.454 e. The van der Waals surface area contributed by atoms with Crippen LogP contribution in [-0.2, 0) is 11.3 Å². The van der Waals surface area contributed by atoms with Crippen LogP contribution >= 0.6 is 0 Å². The van der Waals surface area contributed by atoms with E-state index in [4.69, 9.17) is 9.47 Å². The maximum absolute atomic E-state index is 13.0. The average Bonchev–Trinajstić information content (AvgIpc) is 3.26. The number of anilines is 1. The molecule has 1 fully saturated rings. The number of fused-ring (bicyclic) bond motifs is 1. The minimum absolute atomic E-state index is 0.00871. The Balaban J connectivity index is 1.49. The molecular weight excluding hydrogens is 416 g/mol. The van der Waals surface area contributed by atoms with Crippen molar-refractivity contribution in [1.29, 1.82) is 0 Å². The van der Waals surface area contributed by atoms with Gasteiger partial charge < -0.3 is 24.2 Å². The van der Waals surface area contributed by atoms with E-state index in [2.05, 4.69) is 0 Å². The number of hydrogen-bond acceptors (Lipinski definition) is 7. The Hall–Kier alpha value is -3.82. The summed E-state index contributed by atoms with van der Waals surface area (Å²) in [5.74, 6) is 0.968. The quantitative estimate of drug-likeness (QED) is 0.519. The Morgan fingerprint density at radius 1 is 1.06 bits per heavy atom. The number of amides is 2. The predicted molar refractivity (Wildman–Crippen MR) is 116 cm³/mol. The molecule has 0 unspecified atom stereocenters. The van der Waals surface area contributed by atoms with Gasteiger partial charge in [0, 0.05) is 58.3 Å². The van der Waals surface area contributed by atoms with E-state index in [1.54, 1.807) is 30.1 Å². The first-order chi connectivity index (χ1) is 15.3. The van der Waals surface area contributed by atoms with Crippen molar-refractivity contribution in [3.8, 4) is 11.5 Å². The number of nitrogens with zero attached hydrogens (tertiary/aromatic N) is 4. The van der Waals surface area contributed by atoms with Crippen molar-refractivity contribution in [2.24, 2.45) is 0 Å². The smallest absolute Gasteiger partial charge is 0.293 e. The molecule has 2 heterocycles. The molecule has 4 rings (SSSR count). The lowest BCUT2D eigenvalue weighted by Crippen LogP contribution is -2.48. The lowest BCUT2D eigenvalue weighted by atomic mass is 10.1. The molecule has 2 amide bonds. The van der Waals surface area contributed by atoms with Gasteiger partial charge in [0.2, 0.25) is 12.7 Å². The Labute approximate surface area is 185 Å². The highest BCUT2D eigenvalue weighted by Gasteiger charge is 2.26. The fraction of sp³-hybridized carbons (Fsp3) is 0.364. The number of rotatable bonds is 5. The zero-order chi connectivity index (χ0) is 22.8. The summed E-state index contributed by atoms with van der Waals surface area (Å²) in [6.07, 6.45) is 0. The third-order valence-corrected chi connectivity index (χ3v) is 5.69. The van der Waals surface area contributed by atoms with Gasteiger partial charge in [-0.3, -0.25) is 19.7 Å². The van der Waals surface area contributed by atoms with Crippen LogP contribution in [0.3, 0.4) is 0 Å². The zero-order valence-corrected chi connectivity index (χ0v) is 17.9. The second-order valence-electron chi connectivity index (χ2n) is 7.80. The van der Waals surface area contributed by atoms with Gasteiger partial charge in [0.15, 0.2) is 11.5 Å². The van der Waals surface area contributed by atoms with Gasteiger partial charge >= 0.3 is 0 Å². The third kappa shape index (κ3) is 4.29. The van der Waals surface area contributed by atoms with E-state index < -0.39 is 4.92 Å². The van der Waals surface area contributed by atoms with Gasteiger partial charge in [0.25, 0.3) is 11.6 Å². The van der Waals surface area contributed by atoms with E-state index in [9.17, 15) is 19.7 Å². The molecule has 2 aromatic rings. The first-order valence-electron chi connectivity index (χ1n) is 10.3. The molecular formula is C22H24N4O6. The summed E-state index contributed by atoms with van der Waals surface area (Å²) >= 11 is 0. The summed E-state index contributed by atoms with van der Waals surface area (Å²) in [6, 6.07) is 10.0. The van der Waals surface area contributed by atoms with Gasteiger partial charge in [-0.2, -0.15) is 0 Å². The number of hydrogen-bond donors (Lipinski definition) is 0. The summed E-state index contributed by atoms with van der Waals surface area (Å²) in [5.41, 5.74) is 1.43. The number of benzene rings is 2. The minimum Gasteiger partial charge on any atom is -0.454 e. The molecule has 10 nitrogen and oxygen atoms in total. The summed E-state index contributed by atoms with van der Waals surface area (Å²) in [6.45, 7) is 4.01. The molecule has 2 aliphatic rings. The number of ether oxygens (including phenoxy) is 2. The molecule has 2 aromatic carbocycles. The summed E-state index contributed by atoms with van der Waals surface area (Å²) < 4.78 is 10.7. The Bertz CT molecular complexity index is 1060. The molecule has 0 N–H and O–H groups in total. The van der Waals surface area contributed by atoms with E-state index >= 15 is 0 Å². The fourth-order valence-electron chi connectivity index (χ4n) is 3.94. The maximum Gasteiger partial charge on any atom is 0.293 e. The van der Waals surface area contributed by atoms with Crippen LogP contribution in [0, 0.1) is 10.1 Å². The van der Waals surface area contributed by atoms with Crippen molar-refractivity contribution in [1.82, 2.24) is 9.80 Å². The second-order valence-corrected chi connectivity index (χ2v) is 7.80. The average molecular weight is 440 g/mol. The van der Waals surface area contributed by atoms with E-state index in [-0.39, 0.29) is 29.9 Å². The van der Waals surface area contributed by atoms with Crippen LogP contribution in [-0.4, -0.2) is 66.6 Å².